The Morgan fingerprint density at radius 3 is 2.29 bits per heavy atom. The first kappa shape index (κ1) is 14.2. The fraction of sp³-hybridized carbons (Fsp3) is 0.900. The summed E-state index contributed by atoms with van der Waals surface area (Å²) in [6, 6.07) is 0. The monoisotopic (exact) mass is 253 g/mol. The van der Waals surface area contributed by atoms with Crippen molar-refractivity contribution < 1.29 is 18.0 Å². The van der Waals surface area contributed by atoms with Crippen LogP contribution in [0.5, 0.6) is 0 Å². The lowest BCUT2D eigenvalue weighted by molar-refractivity contribution is -0.193. The number of rotatable bonds is 1. The number of halogens is 3. The van der Waals surface area contributed by atoms with Crippen molar-refractivity contribution in [2.24, 2.45) is 5.73 Å². The molecule has 1 heterocycles. The van der Waals surface area contributed by atoms with Crippen LogP contribution in [0.4, 0.5) is 13.2 Å². The van der Waals surface area contributed by atoms with Crippen LogP contribution < -0.4 is 5.73 Å². The number of nitrogens with zero attached hydrogens (tertiary/aromatic N) is 2. The van der Waals surface area contributed by atoms with Crippen LogP contribution in [0.15, 0.2) is 0 Å². The van der Waals surface area contributed by atoms with Gasteiger partial charge in [-0.1, -0.05) is 0 Å². The molecule has 1 atom stereocenters. The molecule has 2 N–H and O–H groups in total. The number of hydrogen-bond donors (Lipinski definition) is 1. The molecular weight excluding hydrogens is 235 g/mol. The van der Waals surface area contributed by atoms with Crippen molar-refractivity contribution in [2.45, 2.75) is 25.1 Å². The van der Waals surface area contributed by atoms with Crippen LogP contribution in [-0.4, -0.2) is 60.6 Å². The minimum absolute atomic E-state index is 0.290. The molecule has 0 spiro atoms. The van der Waals surface area contributed by atoms with E-state index in [1.54, 1.807) is 0 Å². The van der Waals surface area contributed by atoms with Gasteiger partial charge in [0.2, 0.25) is 0 Å². The quantitative estimate of drug-likeness (QED) is 0.737. The van der Waals surface area contributed by atoms with Crippen molar-refractivity contribution in [3.63, 3.8) is 0 Å². The molecule has 4 nitrogen and oxygen atoms in total. The largest absolute Gasteiger partial charge is 0.415 e. The fourth-order valence-corrected chi connectivity index (χ4v) is 1.70. The molecule has 1 saturated heterocycles. The number of carbonyl (C=O) groups is 1. The second kappa shape index (κ2) is 4.81. The van der Waals surface area contributed by atoms with Crippen molar-refractivity contribution in [2.75, 3.05) is 33.2 Å². The zero-order valence-corrected chi connectivity index (χ0v) is 10.0. The standard InChI is InChI=1S/C10H18F3N3O/c1-9(14,10(11,12)13)8(17)16-5-3-4-15(2)6-7-16/h3-7,14H2,1-2H3. The fourth-order valence-electron chi connectivity index (χ4n) is 1.70. The van der Waals surface area contributed by atoms with Gasteiger partial charge in [0, 0.05) is 19.6 Å². The summed E-state index contributed by atoms with van der Waals surface area (Å²) in [5.74, 6) is -1.04. The normalized spacial score (nSPS) is 23.1. The van der Waals surface area contributed by atoms with E-state index in [9.17, 15) is 18.0 Å². The molecule has 0 aromatic carbocycles. The van der Waals surface area contributed by atoms with E-state index in [-0.39, 0.29) is 6.54 Å². The highest BCUT2D eigenvalue weighted by Gasteiger charge is 2.55. The van der Waals surface area contributed by atoms with Crippen molar-refractivity contribution in [1.82, 2.24) is 9.80 Å². The van der Waals surface area contributed by atoms with Crippen LogP contribution >= 0.6 is 0 Å². The molecule has 100 valence electrons. The van der Waals surface area contributed by atoms with Gasteiger partial charge in [-0.25, -0.2) is 0 Å². The topological polar surface area (TPSA) is 49.6 Å². The summed E-state index contributed by atoms with van der Waals surface area (Å²) in [5.41, 5.74) is 2.33. The SMILES string of the molecule is CN1CCCN(C(=O)C(C)(N)C(F)(F)F)CC1. The number of nitrogens with two attached hydrogens (primary N) is 1. The second-order valence-corrected chi connectivity index (χ2v) is 4.65. The second-order valence-electron chi connectivity index (χ2n) is 4.65. The Morgan fingerprint density at radius 2 is 1.76 bits per heavy atom. The number of likely N-dealkylation sites (N-methyl/N-ethyl adjacent to an activating group) is 1. The Balaban J connectivity index is 2.76. The number of alkyl halides is 3. The molecule has 0 bridgehead atoms. The maximum absolute atomic E-state index is 12.6. The molecule has 1 rings (SSSR count). The lowest BCUT2D eigenvalue weighted by Crippen LogP contribution is -2.62. The lowest BCUT2D eigenvalue weighted by Gasteiger charge is -2.32. The molecule has 1 amide bonds. The zero-order chi connectivity index (χ0) is 13.3. The van der Waals surface area contributed by atoms with Crippen LogP contribution in [0.2, 0.25) is 0 Å². The van der Waals surface area contributed by atoms with Gasteiger partial charge >= 0.3 is 6.18 Å². The number of carbonyl (C=O) groups excluding carboxylic acids is 1. The number of hydrogen-bond acceptors (Lipinski definition) is 3. The molecule has 0 aliphatic carbocycles. The van der Waals surface area contributed by atoms with Crippen molar-refractivity contribution in [1.29, 1.82) is 0 Å². The van der Waals surface area contributed by atoms with Crippen molar-refractivity contribution in [3.8, 4) is 0 Å². The smallest absolute Gasteiger partial charge is 0.339 e. The van der Waals surface area contributed by atoms with Gasteiger partial charge in [0.05, 0.1) is 0 Å². The molecule has 7 heteroatoms. The van der Waals surface area contributed by atoms with E-state index < -0.39 is 17.6 Å². The number of amides is 1. The third-order valence-electron chi connectivity index (χ3n) is 3.04. The summed E-state index contributed by atoms with van der Waals surface area (Å²) < 4.78 is 37.9. The van der Waals surface area contributed by atoms with E-state index in [0.29, 0.717) is 19.5 Å². The molecule has 0 saturated carbocycles. The van der Waals surface area contributed by atoms with Crippen LogP contribution in [0.3, 0.4) is 0 Å². The van der Waals surface area contributed by atoms with Crippen molar-refractivity contribution in [3.05, 3.63) is 0 Å². The van der Waals surface area contributed by atoms with Gasteiger partial charge in [0.15, 0.2) is 5.54 Å². The molecule has 1 aliphatic rings. The van der Waals surface area contributed by atoms with Gasteiger partial charge in [-0.15, -0.1) is 0 Å². The van der Waals surface area contributed by atoms with E-state index in [1.807, 2.05) is 11.9 Å². The maximum atomic E-state index is 12.6. The van der Waals surface area contributed by atoms with Gasteiger partial charge in [0.1, 0.15) is 0 Å². The van der Waals surface area contributed by atoms with Gasteiger partial charge in [0.25, 0.3) is 5.91 Å². The first-order valence-electron chi connectivity index (χ1n) is 5.50. The van der Waals surface area contributed by atoms with E-state index in [4.69, 9.17) is 5.73 Å². The molecule has 0 radical (unpaired) electrons. The molecule has 17 heavy (non-hydrogen) atoms. The first-order chi connectivity index (χ1) is 7.66. The average molecular weight is 253 g/mol. The molecule has 0 aromatic rings. The third kappa shape index (κ3) is 3.10. The van der Waals surface area contributed by atoms with Gasteiger partial charge in [-0.2, -0.15) is 13.2 Å². The summed E-state index contributed by atoms with van der Waals surface area (Å²) in [5, 5.41) is 0. The minimum Gasteiger partial charge on any atom is -0.339 e. The average Bonchev–Trinajstić information content (AvgIpc) is 2.40. The lowest BCUT2D eigenvalue weighted by atomic mass is 10.0. The molecule has 1 unspecified atom stereocenters. The van der Waals surface area contributed by atoms with E-state index in [0.717, 1.165) is 13.5 Å². The highest BCUT2D eigenvalue weighted by Crippen LogP contribution is 2.29. The van der Waals surface area contributed by atoms with Gasteiger partial charge in [-0.05, 0) is 26.9 Å². The molecule has 1 fully saturated rings. The predicted octanol–water partition coefficient (Wildman–Crippen LogP) is 0.430. The van der Waals surface area contributed by atoms with E-state index in [2.05, 4.69) is 0 Å². The van der Waals surface area contributed by atoms with Crippen LogP contribution in [0, 0.1) is 0 Å². The molecule has 0 aromatic heterocycles. The van der Waals surface area contributed by atoms with E-state index in [1.165, 1.54) is 4.90 Å². The van der Waals surface area contributed by atoms with Crippen LogP contribution in [-0.2, 0) is 4.79 Å². The summed E-state index contributed by atoms with van der Waals surface area (Å²) >= 11 is 0. The molecule has 1 aliphatic heterocycles. The summed E-state index contributed by atoms with van der Waals surface area (Å²) in [6.45, 7) is 2.69. The highest BCUT2D eigenvalue weighted by molar-refractivity contribution is 5.86. The Hall–Kier alpha value is -0.820. The molecular formula is C10H18F3N3O. The zero-order valence-electron chi connectivity index (χ0n) is 10.0. The van der Waals surface area contributed by atoms with Gasteiger partial charge < -0.3 is 15.5 Å². The van der Waals surface area contributed by atoms with Crippen LogP contribution in [0.25, 0.3) is 0 Å². The summed E-state index contributed by atoms with van der Waals surface area (Å²) in [6.07, 6.45) is -4.06. The van der Waals surface area contributed by atoms with Crippen molar-refractivity contribution >= 4 is 5.91 Å². The van der Waals surface area contributed by atoms with E-state index >= 15 is 0 Å². The Morgan fingerprint density at radius 1 is 1.18 bits per heavy atom. The first-order valence-corrected chi connectivity index (χ1v) is 5.50. The van der Waals surface area contributed by atoms with Crippen LogP contribution in [0.1, 0.15) is 13.3 Å². The minimum atomic E-state index is -4.72. The Kier molecular flexibility index (Phi) is 4.03. The van der Waals surface area contributed by atoms with Gasteiger partial charge in [-0.3, -0.25) is 4.79 Å². The Bertz CT molecular complexity index is 291. The third-order valence-corrected chi connectivity index (χ3v) is 3.04. The Labute approximate surface area is 98.5 Å². The summed E-state index contributed by atoms with van der Waals surface area (Å²) in [4.78, 5) is 15.0. The predicted molar refractivity (Wildman–Crippen MR) is 57.3 cm³/mol. The highest BCUT2D eigenvalue weighted by atomic mass is 19.4. The summed E-state index contributed by atoms with van der Waals surface area (Å²) in [7, 11) is 1.87. The maximum Gasteiger partial charge on any atom is 0.415 e.